The lowest BCUT2D eigenvalue weighted by atomic mass is 9.91. The fourth-order valence-corrected chi connectivity index (χ4v) is 4.23. The van der Waals surface area contributed by atoms with Crippen LogP contribution in [-0.2, 0) is 24.3 Å². The van der Waals surface area contributed by atoms with Crippen LogP contribution in [0.25, 0.3) is 0 Å². The number of carbonyl (C=O) groups is 2. The first-order chi connectivity index (χ1) is 9.84. The van der Waals surface area contributed by atoms with Gasteiger partial charge in [0.25, 0.3) is 0 Å². The number of carboxylic acids is 1. The van der Waals surface area contributed by atoms with Gasteiger partial charge in [0.2, 0.25) is 10.0 Å². The summed E-state index contributed by atoms with van der Waals surface area (Å²) in [7, 11) is -2.46. The zero-order valence-electron chi connectivity index (χ0n) is 12.2. The van der Waals surface area contributed by atoms with Crippen molar-refractivity contribution in [1.29, 1.82) is 0 Å². The lowest BCUT2D eigenvalue weighted by Gasteiger charge is -2.22. The second-order valence-electron chi connectivity index (χ2n) is 5.41. The zero-order chi connectivity index (χ0) is 15.9. The Kier molecular flexibility index (Phi) is 7.10. The molecule has 0 spiro atoms. The molecule has 1 atom stereocenters. The molecule has 1 aliphatic carbocycles. The van der Waals surface area contributed by atoms with Gasteiger partial charge in [0, 0.05) is 6.42 Å². The summed E-state index contributed by atoms with van der Waals surface area (Å²) in [6, 6.07) is -1.29. The molecule has 1 fully saturated rings. The molecule has 21 heavy (non-hydrogen) atoms. The van der Waals surface area contributed by atoms with Crippen molar-refractivity contribution in [3.05, 3.63) is 0 Å². The van der Waals surface area contributed by atoms with E-state index in [2.05, 4.69) is 9.46 Å². The number of hydrogen-bond donors (Lipinski definition) is 2. The van der Waals surface area contributed by atoms with Crippen LogP contribution in [0, 0.1) is 5.92 Å². The first-order valence-corrected chi connectivity index (χ1v) is 8.79. The summed E-state index contributed by atoms with van der Waals surface area (Å²) in [5, 5.41) is 9.05. The zero-order valence-corrected chi connectivity index (χ0v) is 13.0. The maximum Gasteiger partial charge on any atom is 0.321 e. The third-order valence-electron chi connectivity index (χ3n) is 3.66. The van der Waals surface area contributed by atoms with E-state index < -0.39 is 28.0 Å². The lowest BCUT2D eigenvalue weighted by Crippen LogP contribution is -2.43. The Labute approximate surface area is 125 Å². The highest BCUT2D eigenvalue weighted by Gasteiger charge is 2.27. The van der Waals surface area contributed by atoms with Gasteiger partial charge < -0.3 is 9.84 Å². The van der Waals surface area contributed by atoms with Gasteiger partial charge in [0.05, 0.1) is 12.9 Å². The summed E-state index contributed by atoms with van der Waals surface area (Å²) in [6.07, 6.45) is 4.63. The molecule has 7 nitrogen and oxygen atoms in total. The number of carboxylic acid groups (broad SMARTS) is 1. The molecule has 0 aromatic heterocycles. The predicted molar refractivity (Wildman–Crippen MR) is 76.2 cm³/mol. The SMILES string of the molecule is COC(=O)CCC(NS(=O)(=O)CC1CCCCC1)C(=O)O. The quantitative estimate of drug-likeness (QED) is 0.643. The highest BCUT2D eigenvalue weighted by atomic mass is 32.2. The molecule has 0 heterocycles. The topological polar surface area (TPSA) is 110 Å². The standard InChI is InChI=1S/C13H23NO6S/c1-20-12(15)8-7-11(13(16)17)14-21(18,19)9-10-5-3-2-4-6-10/h10-11,14H,2-9H2,1H3,(H,16,17). The van der Waals surface area contributed by atoms with E-state index in [0.717, 1.165) is 32.1 Å². The maximum atomic E-state index is 12.0. The van der Waals surface area contributed by atoms with Gasteiger partial charge in [-0.25, -0.2) is 13.1 Å². The highest BCUT2D eigenvalue weighted by Crippen LogP contribution is 2.24. The molecule has 1 unspecified atom stereocenters. The van der Waals surface area contributed by atoms with Gasteiger partial charge >= 0.3 is 11.9 Å². The normalized spacial score (nSPS) is 18.1. The Balaban J connectivity index is 2.55. The van der Waals surface area contributed by atoms with Crippen molar-refractivity contribution in [2.24, 2.45) is 5.92 Å². The van der Waals surface area contributed by atoms with E-state index in [4.69, 9.17) is 5.11 Å². The summed E-state index contributed by atoms with van der Waals surface area (Å²) in [6.45, 7) is 0. The minimum atomic E-state index is -3.66. The second-order valence-corrected chi connectivity index (χ2v) is 7.21. The number of nitrogens with one attached hydrogen (secondary N) is 1. The van der Waals surface area contributed by atoms with Gasteiger partial charge in [0.1, 0.15) is 6.04 Å². The van der Waals surface area contributed by atoms with Crippen molar-refractivity contribution < 1.29 is 27.9 Å². The third kappa shape index (κ3) is 6.90. The largest absolute Gasteiger partial charge is 0.480 e. The Bertz CT molecular complexity index is 455. The fourth-order valence-electron chi connectivity index (χ4n) is 2.53. The van der Waals surface area contributed by atoms with E-state index >= 15 is 0 Å². The summed E-state index contributed by atoms with van der Waals surface area (Å²) in [5.41, 5.74) is 0. The number of ether oxygens (including phenoxy) is 1. The first kappa shape index (κ1) is 17.9. The lowest BCUT2D eigenvalue weighted by molar-refractivity contribution is -0.142. The molecule has 2 N–H and O–H groups in total. The molecule has 0 radical (unpaired) electrons. The van der Waals surface area contributed by atoms with Crippen LogP contribution in [0.15, 0.2) is 0 Å². The van der Waals surface area contributed by atoms with Crippen molar-refractivity contribution in [2.75, 3.05) is 12.9 Å². The molecule has 0 aromatic rings. The van der Waals surface area contributed by atoms with Crippen LogP contribution in [0.1, 0.15) is 44.9 Å². The molecule has 1 aliphatic rings. The molecular formula is C13H23NO6S. The molecule has 1 saturated carbocycles. The van der Waals surface area contributed by atoms with Crippen LogP contribution in [0.5, 0.6) is 0 Å². The smallest absolute Gasteiger partial charge is 0.321 e. The number of methoxy groups -OCH3 is 1. The summed E-state index contributed by atoms with van der Waals surface area (Å²) >= 11 is 0. The molecule has 8 heteroatoms. The Morgan fingerprint density at radius 1 is 1.29 bits per heavy atom. The van der Waals surface area contributed by atoms with Crippen molar-refractivity contribution in [3.63, 3.8) is 0 Å². The van der Waals surface area contributed by atoms with Crippen LogP contribution in [0.3, 0.4) is 0 Å². The molecule has 0 amide bonds. The van der Waals surface area contributed by atoms with Gasteiger partial charge in [-0.1, -0.05) is 19.3 Å². The van der Waals surface area contributed by atoms with E-state index in [-0.39, 0.29) is 24.5 Å². The number of sulfonamides is 1. The van der Waals surface area contributed by atoms with Crippen molar-refractivity contribution >= 4 is 22.0 Å². The van der Waals surface area contributed by atoms with Crippen molar-refractivity contribution in [1.82, 2.24) is 4.72 Å². The van der Waals surface area contributed by atoms with Crippen LogP contribution in [0.4, 0.5) is 0 Å². The van der Waals surface area contributed by atoms with Crippen molar-refractivity contribution in [2.45, 2.75) is 51.0 Å². The monoisotopic (exact) mass is 321 g/mol. The molecule has 0 bridgehead atoms. The number of hydrogen-bond acceptors (Lipinski definition) is 5. The minimum Gasteiger partial charge on any atom is -0.480 e. The van der Waals surface area contributed by atoms with Crippen LogP contribution >= 0.6 is 0 Å². The Hall–Kier alpha value is -1.15. The molecule has 122 valence electrons. The number of aliphatic carboxylic acids is 1. The second kappa shape index (κ2) is 8.33. The van der Waals surface area contributed by atoms with Crippen LogP contribution in [-0.4, -0.2) is 44.4 Å². The van der Waals surface area contributed by atoms with E-state index in [1.165, 1.54) is 7.11 Å². The first-order valence-electron chi connectivity index (χ1n) is 7.13. The van der Waals surface area contributed by atoms with Gasteiger partial charge in [-0.3, -0.25) is 9.59 Å². The van der Waals surface area contributed by atoms with Crippen LogP contribution in [0.2, 0.25) is 0 Å². The third-order valence-corrected chi connectivity index (χ3v) is 5.22. The predicted octanol–water partition coefficient (Wildman–Crippen LogP) is 0.892. The molecule has 0 aliphatic heterocycles. The number of rotatable bonds is 8. The van der Waals surface area contributed by atoms with Gasteiger partial charge in [-0.15, -0.1) is 0 Å². The fraction of sp³-hybridized carbons (Fsp3) is 0.846. The molecule has 0 saturated heterocycles. The molecular weight excluding hydrogens is 298 g/mol. The summed E-state index contributed by atoms with van der Waals surface area (Å²) in [4.78, 5) is 22.1. The average Bonchev–Trinajstić information content (AvgIpc) is 2.43. The number of esters is 1. The summed E-state index contributed by atoms with van der Waals surface area (Å²) < 4.78 is 30.7. The summed E-state index contributed by atoms with van der Waals surface area (Å²) in [5.74, 6) is -1.81. The van der Waals surface area contributed by atoms with Crippen LogP contribution < -0.4 is 4.72 Å². The van der Waals surface area contributed by atoms with E-state index in [1.807, 2.05) is 0 Å². The van der Waals surface area contributed by atoms with E-state index in [1.54, 1.807) is 0 Å². The van der Waals surface area contributed by atoms with E-state index in [9.17, 15) is 18.0 Å². The Morgan fingerprint density at radius 2 is 1.90 bits per heavy atom. The van der Waals surface area contributed by atoms with Crippen molar-refractivity contribution in [3.8, 4) is 0 Å². The van der Waals surface area contributed by atoms with E-state index in [0.29, 0.717) is 0 Å². The Morgan fingerprint density at radius 3 is 2.43 bits per heavy atom. The maximum absolute atomic E-state index is 12.0. The molecule has 0 aromatic carbocycles. The van der Waals surface area contributed by atoms with Gasteiger partial charge in [-0.2, -0.15) is 0 Å². The van der Waals surface area contributed by atoms with Gasteiger partial charge in [0.15, 0.2) is 0 Å². The van der Waals surface area contributed by atoms with Gasteiger partial charge in [-0.05, 0) is 25.2 Å². The minimum absolute atomic E-state index is 0.0466. The highest BCUT2D eigenvalue weighted by molar-refractivity contribution is 7.89. The molecule has 1 rings (SSSR count). The average molecular weight is 321 g/mol. The number of carbonyl (C=O) groups excluding carboxylic acids is 1.